The maximum Gasteiger partial charge on any atom is 0.249 e. The summed E-state index contributed by atoms with van der Waals surface area (Å²) in [5, 5.41) is 7.24. The number of benzene rings is 1. The van der Waals surface area contributed by atoms with Gasteiger partial charge in [0.15, 0.2) is 0 Å². The van der Waals surface area contributed by atoms with Gasteiger partial charge in [-0.05, 0) is 24.1 Å². The number of hydrogen-bond donors (Lipinski definition) is 1. The van der Waals surface area contributed by atoms with Crippen LogP contribution in [0.4, 0.5) is 5.82 Å². The number of morpholine rings is 1. The molecular weight excluding hydrogens is 436 g/mol. The molecule has 1 N–H and O–H groups in total. The van der Waals surface area contributed by atoms with Crippen LogP contribution in [0.15, 0.2) is 23.1 Å². The van der Waals surface area contributed by atoms with Crippen LogP contribution >= 0.6 is 0 Å². The summed E-state index contributed by atoms with van der Waals surface area (Å²) < 4.78 is 40.0. The van der Waals surface area contributed by atoms with Crippen molar-refractivity contribution < 1.29 is 27.5 Å². The predicted octanol–water partition coefficient (Wildman–Crippen LogP) is 1.90. The van der Waals surface area contributed by atoms with E-state index in [9.17, 15) is 18.0 Å². The standard InChI is InChI=1S/C21H26N4O6S/c1-3-4-15-20(21-22-18(26)7-8-19(27)25(21)23-15)14-5-6-16(30-2)17(13-14)32(28,29)24-9-11-31-12-10-24/h5-6,13H,3-4,7-12H2,1-2H3,(H,22,26). The summed E-state index contributed by atoms with van der Waals surface area (Å²) in [6.07, 6.45) is 1.46. The fourth-order valence-corrected chi connectivity index (χ4v) is 5.54. The SMILES string of the molecule is CCCc1nn2c(c1-c1ccc(OC)c(S(=O)(=O)N3CCOCC3)c1)NC(=O)CCC2=O. The summed E-state index contributed by atoms with van der Waals surface area (Å²) in [6.45, 7) is 3.14. The van der Waals surface area contributed by atoms with Crippen LogP contribution in [0.5, 0.6) is 5.75 Å². The Bertz CT molecular complexity index is 1150. The Labute approximate surface area is 186 Å². The van der Waals surface area contributed by atoms with Crippen molar-refractivity contribution in [3.05, 3.63) is 23.9 Å². The predicted molar refractivity (Wildman–Crippen MR) is 116 cm³/mol. The average molecular weight is 463 g/mol. The van der Waals surface area contributed by atoms with E-state index in [0.29, 0.717) is 36.5 Å². The topological polar surface area (TPSA) is 120 Å². The lowest BCUT2D eigenvalue weighted by atomic mass is 10.0. The normalized spacial score (nSPS) is 17.6. The third-order valence-electron chi connectivity index (χ3n) is 5.54. The van der Waals surface area contributed by atoms with Gasteiger partial charge in [0.05, 0.1) is 26.0 Å². The van der Waals surface area contributed by atoms with Gasteiger partial charge < -0.3 is 14.8 Å². The Kier molecular flexibility index (Phi) is 6.31. The molecule has 0 aliphatic carbocycles. The number of nitrogens with one attached hydrogen (secondary N) is 1. The minimum atomic E-state index is -3.85. The Balaban J connectivity index is 1.88. The van der Waals surface area contributed by atoms with Gasteiger partial charge in [-0.2, -0.15) is 14.1 Å². The number of aromatic nitrogens is 2. The largest absolute Gasteiger partial charge is 0.495 e. The third-order valence-corrected chi connectivity index (χ3v) is 7.46. The van der Waals surface area contributed by atoms with Crippen LogP contribution in [0.3, 0.4) is 0 Å². The highest BCUT2D eigenvalue weighted by Crippen LogP contribution is 2.38. The van der Waals surface area contributed by atoms with Gasteiger partial charge in [0, 0.05) is 31.5 Å². The van der Waals surface area contributed by atoms with Crippen molar-refractivity contribution in [3.8, 4) is 16.9 Å². The first-order valence-corrected chi connectivity index (χ1v) is 12.0. The molecule has 0 atom stereocenters. The number of carbonyl (C=O) groups is 2. The highest BCUT2D eigenvalue weighted by atomic mass is 32.2. The molecule has 3 heterocycles. The lowest BCUT2D eigenvalue weighted by molar-refractivity contribution is -0.116. The first-order chi connectivity index (χ1) is 15.4. The molecule has 0 spiro atoms. The summed E-state index contributed by atoms with van der Waals surface area (Å²) in [4.78, 5) is 24.8. The van der Waals surface area contributed by atoms with Gasteiger partial charge in [-0.15, -0.1) is 0 Å². The van der Waals surface area contributed by atoms with E-state index in [1.54, 1.807) is 12.1 Å². The smallest absolute Gasteiger partial charge is 0.249 e. The van der Waals surface area contributed by atoms with Gasteiger partial charge in [0.1, 0.15) is 16.5 Å². The fraction of sp³-hybridized carbons (Fsp3) is 0.476. The molecular formula is C21H26N4O6S. The minimum absolute atomic E-state index is 0.0214. The molecule has 0 saturated carbocycles. The lowest BCUT2D eigenvalue weighted by Gasteiger charge is -2.27. The van der Waals surface area contributed by atoms with E-state index < -0.39 is 10.0 Å². The van der Waals surface area contributed by atoms with Gasteiger partial charge in [-0.1, -0.05) is 19.4 Å². The number of fused-ring (bicyclic) bond motifs is 1. The monoisotopic (exact) mass is 462 g/mol. The zero-order valence-corrected chi connectivity index (χ0v) is 18.9. The molecule has 4 rings (SSSR count). The number of sulfonamides is 1. The van der Waals surface area contributed by atoms with Crippen LogP contribution < -0.4 is 10.1 Å². The summed E-state index contributed by atoms with van der Waals surface area (Å²) >= 11 is 0. The molecule has 1 aromatic carbocycles. The second-order valence-corrected chi connectivity index (χ2v) is 9.56. The molecule has 0 unspecified atom stereocenters. The molecule has 11 heteroatoms. The van der Waals surface area contributed by atoms with E-state index in [1.165, 1.54) is 22.2 Å². The first-order valence-electron chi connectivity index (χ1n) is 10.6. The van der Waals surface area contributed by atoms with Crippen molar-refractivity contribution in [1.82, 2.24) is 14.1 Å². The van der Waals surface area contributed by atoms with Crippen LogP contribution in [-0.4, -0.2) is 67.7 Å². The second-order valence-electron chi connectivity index (χ2n) is 7.66. The number of anilines is 1. The molecule has 172 valence electrons. The number of methoxy groups -OCH3 is 1. The highest BCUT2D eigenvalue weighted by Gasteiger charge is 2.32. The van der Waals surface area contributed by atoms with Gasteiger partial charge in [-0.25, -0.2) is 8.42 Å². The number of hydrogen-bond acceptors (Lipinski definition) is 7. The van der Waals surface area contributed by atoms with E-state index in [1.807, 2.05) is 6.92 Å². The molecule has 32 heavy (non-hydrogen) atoms. The quantitative estimate of drug-likeness (QED) is 0.696. The molecule has 1 amide bonds. The Hall–Kier alpha value is -2.76. The van der Waals surface area contributed by atoms with Crippen molar-refractivity contribution in [1.29, 1.82) is 0 Å². The van der Waals surface area contributed by atoms with Gasteiger partial charge in [0.25, 0.3) is 0 Å². The maximum atomic E-state index is 13.4. The number of rotatable bonds is 6. The number of carbonyl (C=O) groups excluding carboxylic acids is 2. The van der Waals surface area contributed by atoms with E-state index in [0.717, 1.165) is 6.42 Å². The molecule has 0 bridgehead atoms. The Morgan fingerprint density at radius 1 is 1.19 bits per heavy atom. The van der Waals surface area contributed by atoms with Crippen molar-refractivity contribution >= 4 is 27.7 Å². The summed E-state index contributed by atoms with van der Waals surface area (Å²) in [5.41, 5.74) is 1.71. The molecule has 0 radical (unpaired) electrons. The van der Waals surface area contributed by atoms with Crippen LogP contribution in [0.25, 0.3) is 11.1 Å². The zero-order valence-electron chi connectivity index (χ0n) is 18.1. The van der Waals surface area contributed by atoms with Crippen LogP contribution in [-0.2, 0) is 26.0 Å². The van der Waals surface area contributed by atoms with Crippen molar-refractivity contribution in [2.24, 2.45) is 0 Å². The van der Waals surface area contributed by atoms with Crippen molar-refractivity contribution in [2.45, 2.75) is 37.5 Å². The highest BCUT2D eigenvalue weighted by molar-refractivity contribution is 7.89. The van der Waals surface area contributed by atoms with Crippen LogP contribution in [0, 0.1) is 0 Å². The lowest BCUT2D eigenvalue weighted by Crippen LogP contribution is -2.40. The summed E-state index contributed by atoms with van der Waals surface area (Å²) in [5.74, 6) is -0.0657. The summed E-state index contributed by atoms with van der Waals surface area (Å²) in [6, 6.07) is 4.83. The third kappa shape index (κ3) is 4.03. The van der Waals surface area contributed by atoms with Crippen molar-refractivity contribution in [2.75, 3.05) is 38.7 Å². The van der Waals surface area contributed by atoms with Crippen molar-refractivity contribution in [3.63, 3.8) is 0 Å². The Morgan fingerprint density at radius 2 is 1.94 bits per heavy atom. The van der Waals surface area contributed by atoms with E-state index in [2.05, 4.69) is 10.4 Å². The molecule has 1 saturated heterocycles. The molecule has 1 aromatic heterocycles. The number of nitrogens with zero attached hydrogens (tertiary/aromatic N) is 3. The van der Waals surface area contributed by atoms with Gasteiger partial charge in [-0.3, -0.25) is 9.59 Å². The molecule has 2 aromatic rings. The zero-order chi connectivity index (χ0) is 22.9. The van der Waals surface area contributed by atoms with E-state index in [-0.39, 0.29) is 54.2 Å². The van der Waals surface area contributed by atoms with Gasteiger partial charge >= 0.3 is 0 Å². The molecule has 2 aliphatic heterocycles. The van der Waals surface area contributed by atoms with Crippen LogP contribution in [0.1, 0.15) is 36.7 Å². The summed E-state index contributed by atoms with van der Waals surface area (Å²) in [7, 11) is -2.43. The number of amides is 1. The van der Waals surface area contributed by atoms with E-state index >= 15 is 0 Å². The van der Waals surface area contributed by atoms with E-state index in [4.69, 9.17) is 9.47 Å². The molecule has 10 nitrogen and oxygen atoms in total. The average Bonchev–Trinajstić information content (AvgIpc) is 3.08. The van der Waals surface area contributed by atoms with Gasteiger partial charge in [0.2, 0.25) is 21.8 Å². The fourth-order valence-electron chi connectivity index (χ4n) is 3.96. The Morgan fingerprint density at radius 3 is 2.62 bits per heavy atom. The minimum Gasteiger partial charge on any atom is -0.495 e. The van der Waals surface area contributed by atoms with Crippen LogP contribution in [0.2, 0.25) is 0 Å². The first kappa shape index (κ1) is 22.4. The maximum absolute atomic E-state index is 13.4. The molecule has 1 fully saturated rings. The number of aryl methyl sites for hydroxylation is 1. The molecule has 2 aliphatic rings. The number of ether oxygens (including phenoxy) is 2. The second kappa shape index (κ2) is 9.00.